The SMILES string of the molecule is Cc1cc(C)n(Cc2ccc([Si](C)(C)C)cc2)n1. The van der Waals surface area contributed by atoms with Crippen molar-refractivity contribution in [3.8, 4) is 0 Å². The van der Waals surface area contributed by atoms with E-state index in [1.54, 1.807) is 0 Å². The Morgan fingerprint density at radius 2 is 1.67 bits per heavy atom. The molecule has 0 fully saturated rings. The molecule has 1 heterocycles. The number of nitrogens with zero attached hydrogens (tertiary/aromatic N) is 2. The van der Waals surface area contributed by atoms with Crippen molar-refractivity contribution < 1.29 is 0 Å². The molecular formula is C15H22N2Si. The van der Waals surface area contributed by atoms with Gasteiger partial charge in [0.1, 0.15) is 0 Å². The standard InChI is InChI=1S/C15H22N2Si/c1-12-10-13(2)17(16-12)11-14-6-8-15(9-7-14)18(3,4)5/h6-10H,11H2,1-5H3. The molecule has 0 aliphatic rings. The monoisotopic (exact) mass is 258 g/mol. The van der Waals surface area contributed by atoms with Gasteiger partial charge < -0.3 is 0 Å². The van der Waals surface area contributed by atoms with E-state index < -0.39 is 8.07 Å². The zero-order valence-electron chi connectivity index (χ0n) is 12.0. The van der Waals surface area contributed by atoms with E-state index in [2.05, 4.69) is 66.7 Å². The molecule has 0 aliphatic carbocycles. The Balaban J connectivity index is 2.18. The zero-order valence-corrected chi connectivity index (χ0v) is 13.0. The van der Waals surface area contributed by atoms with Gasteiger partial charge >= 0.3 is 0 Å². The fourth-order valence-corrected chi connectivity index (χ4v) is 3.28. The van der Waals surface area contributed by atoms with Gasteiger partial charge in [-0.25, -0.2) is 0 Å². The van der Waals surface area contributed by atoms with E-state index >= 15 is 0 Å². The third-order valence-corrected chi connectivity index (χ3v) is 5.32. The third-order valence-electron chi connectivity index (χ3n) is 3.26. The predicted molar refractivity (Wildman–Crippen MR) is 80.2 cm³/mol. The maximum Gasteiger partial charge on any atom is 0.0775 e. The number of aryl methyl sites for hydroxylation is 2. The van der Waals surface area contributed by atoms with Gasteiger partial charge in [-0.3, -0.25) is 4.68 Å². The summed E-state index contributed by atoms with van der Waals surface area (Å²) in [6, 6.07) is 11.2. The van der Waals surface area contributed by atoms with Gasteiger partial charge in [-0.15, -0.1) is 0 Å². The van der Waals surface area contributed by atoms with Crippen molar-refractivity contribution in [1.29, 1.82) is 0 Å². The number of hydrogen-bond donors (Lipinski definition) is 0. The Labute approximate surface area is 111 Å². The van der Waals surface area contributed by atoms with E-state index in [1.165, 1.54) is 16.4 Å². The van der Waals surface area contributed by atoms with Gasteiger partial charge in [-0.1, -0.05) is 49.1 Å². The molecule has 0 saturated carbocycles. The smallest absolute Gasteiger partial charge is 0.0775 e. The minimum atomic E-state index is -1.18. The Morgan fingerprint density at radius 3 is 2.11 bits per heavy atom. The van der Waals surface area contributed by atoms with Crippen LogP contribution in [0.5, 0.6) is 0 Å². The molecule has 1 aromatic heterocycles. The lowest BCUT2D eigenvalue weighted by atomic mass is 10.2. The van der Waals surface area contributed by atoms with E-state index in [4.69, 9.17) is 0 Å². The highest BCUT2D eigenvalue weighted by Gasteiger charge is 2.15. The topological polar surface area (TPSA) is 17.8 Å². The molecule has 18 heavy (non-hydrogen) atoms. The minimum absolute atomic E-state index is 0.867. The Kier molecular flexibility index (Phi) is 3.44. The van der Waals surface area contributed by atoms with Crippen LogP contribution in [-0.4, -0.2) is 17.9 Å². The number of hydrogen-bond acceptors (Lipinski definition) is 1. The van der Waals surface area contributed by atoms with E-state index in [1.807, 2.05) is 6.92 Å². The third kappa shape index (κ3) is 2.90. The number of aromatic nitrogens is 2. The zero-order chi connectivity index (χ0) is 13.3. The summed E-state index contributed by atoms with van der Waals surface area (Å²) in [5, 5.41) is 6.02. The molecule has 0 bridgehead atoms. The lowest BCUT2D eigenvalue weighted by Crippen LogP contribution is -2.37. The quantitative estimate of drug-likeness (QED) is 0.774. The molecule has 2 nitrogen and oxygen atoms in total. The second kappa shape index (κ2) is 4.73. The van der Waals surface area contributed by atoms with Crippen LogP contribution in [-0.2, 0) is 6.54 Å². The van der Waals surface area contributed by atoms with Gasteiger partial charge in [-0.2, -0.15) is 5.10 Å². The van der Waals surface area contributed by atoms with Gasteiger partial charge in [0.25, 0.3) is 0 Å². The Morgan fingerprint density at radius 1 is 1.06 bits per heavy atom. The molecule has 0 amide bonds. The minimum Gasteiger partial charge on any atom is -0.265 e. The van der Waals surface area contributed by atoms with Crippen LogP contribution in [0.15, 0.2) is 30.3 Å². The first-order valence-corrected chi connectivity index (χ1v) is 9.97. The van der Waals surface area contributed by atoms with Crippen molar-refractivity contribution in [2.75, 3.05) is 0 Å². The summed E-state index contributed by atoms with van der Waals surface area (Å²) in [5.74, 6) is 0. The maximum atomic E-state index is 4.50. The van der Waals surface area contributed by atoms with Crippen LogP contribution in [0, 0.1) is 13.8 Å². The molecular weight excluding hydrogens is 236 g/mol. The van der Waals surface area contributed by atoms with E-state index in [9.17, 15) is 0 Å². The highest BCUT2D eigenvalue weighted by molar-refractivity contribution is 6.88. The van der Waals surface area contributed by atoms with Crippen molar-refractivity contribution in [3.05, 3.63) is 47.3 Å². The van der Waals surface area contributed by atoms with Crippen molar-refractivity contribution >= 4 is 13.3 Å². The van der Waals surface area contributed by atoms with E-state index in [0.717, 1.165) is 12.2 Å². The first kappa shape index (κ1) is 13.1. The average Bonchev–Trinajstić information content (AvgIpc) is 2.57. The van der Waals surface area contributed by atoms with Crippen molar-refractivity contribution in [3.63, 3.8) is 0 Å². The second-order valence-electron chi connectivity index (χ2n) is 6.03. The molecule has 96 valence electrons. The van der Waals surface area contributed by atoms with Crippen LogP contribution in [0.3, 0.4) is 0 Å². The molecule has 0 spiro atoms. The largest absolute Gasteiger partial charge is 0.265 e. The van der Waals surface area contributed by atoms with E-state index in [-0.39, 0.29) is 0 Å². The molecule has 2 rings (SSSR count). The lowest BCUT2D eigenvalue weighted by Gasteiger charge is -2.16. The molecule has 2 aromatic rings. The molecule has 3 heteroatoms. The highest BCUT2D eigenvalue weighted by Crippen LogP contribution is 2.08. The van der Waals surface area contributed by atoms with Crippen LogP contribution in [0.25, 0.3) is 0 Å². The van der Waals surface area contributed by atoms with Gasteiger partial charge in [0.15, 0.2) is 0 Å². The van der Waals surface area contributed by atoms with Crippen LogP contribution >= 0.6 is 0 Å². The molecule has 0 unspecified atom stereocenters. The van der Waals surface area contributed by atoms with Crippen molar-refractivity contribution in [2.24, 2.45) is 0 Å². The molecule has 0 aliphatic heterocycles. The number of benzene rings is 1. The van der Waals surface area contributed by atoms with Gasteiger partial charge in [-0.05, 0) is 25.5 Å². The predicted octanol–water partition coefficient (Wildman–Crippen LogP) is 3.09. The molecule has 0 N–H and O–H groups in total. The van der Waals surface area contributed by atoms with Crippen LogP contribution in [0.2, 0.25) is 19.6 Å². The molecule has 0 saturated heterocycles. The Hall–Kier alpha value is -1.35. The van der Waals surface area contributed by atoms with Crippen LogP contribution in [0.1, 0.15) is 17.0 Å². The second-order valence-corrected chi connectivity index (χ2v) is 11.1. The van der Waals surface area contributed by atoms with Crippen LogP contribution < -0.4 is 5.19 Å². The van der Waals surface area contributed by atoms with Crippen molar-refractivity contribution in [2.45, 2.75) is 40.0 Å². The summed E-state index contributed by atoms with van der Waals surface area (Å²) in [6.45, 7) is 12.1. The fourth-order valence-electron chi connectivity index (χ4n) is 2.12. The summed E-state index contributed by atoms with van der Waals surface area (Å²) < 4.78 is 2.07. The first-order valence-electron chi connectivity index (χ1n) is 6.47. The van der Waals surface area contributed by atoms with Gasteiger partial charge in [0, 0.05) is 5.69 Å². The number of rotatable bonds is 3. The van der Waals surface area contributed by atoms with Crippen molar-refractivity contribution in [1.82, 2.24) is 9.78 Å². The molecule has 0 atom stereocenters. The summed E-state index contributed by atoms with van der Waals surface area (Å²) >= 11 is 0. The molecule has 0 radical (unpaired) electrons. The van der Waals surface area contributed by atoms with Crippen LogP contribution in [0.4, 0.5) is 0 Å². The summed E-state index contributed by atoms with van der Waals surface area (Å²) in [7, 11) is -1.18. The van der Waals surface area contributed by atoms with E-state index in [0.29, 0.717) is 0 Å². The Bertz CT molecular complexity index is 533. The highest BCUT2D eigenvalue weighted by atomic mass is 28.3. The first-order chi connectivity index (χ1) is 8.36. The summed E-state index contributed by atoms with van der Waals surface area (Å²) in [5.41, 5.74) is 3.64. The normalized spacial score (nSPS) is 11.8. The van der Waals surface area contributed by atoms with Gasteiger partial charge in [0.05, 0.1) is 20.3 Å². The summed E-state index contributed by atoms with van der Waals surface area (Å²) in [4.78, 5) is 0. The maximum absolute atomic E-state index is 4.50. The molecule has 1 aromatic carbocycles. The van der Waals surface area contributed by atoms with Gasteiger partial charge in [0.2, 0.25) is 0 Å². The average molecular weight is 258 g/mol. The fraction of sp³-hybridized carbons (Fsp3) is 0.400. The summed E-state index contributed by atoms with van der Waals surface area (Å²) in [6.07, 6.45) is 0. The lowest BCUT2D eigenvalue weighted by molar-refractivity contribution is 0.659.